The van der Waals surface area contributed by atoms with Crippen molar-refractivity contribution in [3.63, 3.8) is 0 Å². The summed E-state index contributed by atoms with van der Waals surface area (Å²) < 4.78 is 13.1. The summed E-state index contributed by atoms with van der Waals surface area (Å²) in [4.78, 5) is 0. The van der Waals surface area contributed by atoms with Gasteiger partial charge >= 0.3 is 0 Å². The third-order valence-corrected chi connectivity index (χ3v) is 3.14. The van der Waals surface area contributed by atoms with Crippen LogP contribution in [0.2, 0.25) is 0 Å². The summed E-state index contributed by atoms with van der Waals surface area (Å²) in [6.45, 7) is 3.96. The largest absolute Gasteiger partial charge is 0.246 e. The van der Waals surface area contributed by atoms with Crippen molar-refractivity contribution in [1.29, 1.82) is 0 Å². The molecule has 0 aromatic carbocycles. The predicted molar refractivity (Wildman–Crippen MR) is 42.1 cm³/mol. The molecule has 0 N–H and O–H groups in total. The minimum Gasteiger partial charge on any atom is -0.246 e. The van der Waals surface area contributed by atoms with E-state index in [0.29, 0.717) is 5.92 Å². The van der Waals surface area contributed by atoms with E-state index in [-0.39, 0.29) is 11.3 Å². The smallest absolute Gasteiger partial charge is 0.119 e. The zero-order chi connectivity index (χ0) is 7.72. The van der Waals surface area contributed by atoms with E-state index in [9.17, 15) is 4.39 Å². The molecule has 10 heavy (non-hydrogen) atoms. The summed E-state index contributed by atoms with van der Waals surface area (Å²) in [5, 5.41) is -0.247. The Hall–Kier alpha value is 0.220. The van der Waals surface area contributed by atoms with E-state index in [1.165, 1.54) is 0 Å². The fourth-order valence-corrected chi connectivity index (χ4v) is 1.85. The van der Waals surface area contributed by atoms with Crippen molar-refractivity contribution in [2.45, 2.75) is 38.2 Å². The van der Waals surface area contributed by atoms with Gasteiger partial charge in [-0.25, -0.2) is 4.39 Å². The molecule has 4 unspecified atom stereocenters. The van der Waals surface area contributed by atoms with Gasteiger partial charge < -0.3 is 0 Å². The Kier molecular flexibility index (Phi) is 2.56. The van der Waals surface area contributed by atoms with Crippen LogP contribution in [-0.4, -0.2) is 11.5 Å². The van der Waals surface area contributed by atoms with Gasteiger partial charge in [0.25, 0.3) is 0 Å². The molecule has 0 nitrogen and oxygen atoms in total. The topological polar surface area (TPSA) is 0 Å². The Morgan fingerprint density at radius 1 is 1.20 bits per heavy atom. The van der Waals surface area contributed by atoms with Gasteiger partial charge in [0.2, 0.25) is 0 Å². The maximum Gasteiger partial charge on any atom is 0.119 e. The molecule has 1 fully saturated rings. The van der Waals surface area contributed by atoms with E-state index in [1.807, 2.05) is 13.8 Å². The van der Waals surface area contributed by atoms with Crippen LogP contribution in [0.5, 0.6) is 0 Å². The van der Waals surface area contributed by atoms with Crippen LogP contribution in [0, 0.1) is 11.8 Å². The zero-order valence-corrected chi connectivity index (χ0v) is 7.24. The summed E-state index contributed by atoms with van der Waals surface area (Å²) in [7, 11) is 0. The molecule has 0 heterocycles. The highest BCUT2D eigenvalue weighted by Crippen LogP contribution is 2.34. The molecule has 4 atom stereocenters. The van der Waals surface area contributed by atoms with Crippen molar-refractivity contribution in [2.75, 3.05) is 0 Å². The van der Waals surface area contributed by atoms with E-state index in [2.05, 4.69) is 0 Å². The van der Waals surface area contributed by atoms with Crippen molar-refractivity contribution >= 4 is 11.6 Å². The molecule has 0 saturated heterocycles. The van der Waals surface area contributed by atoms with Crippen LogP contribution < -0.4 is 0 Å². The maximum absolute atomic E-state index is 13.1. The van der Waals surface area contributed by atoms with Gasteiger partial charge in [0.1, 0.15) is 6.17 Å². The molecule has 0 amide bonds. The standard InChI is InChI=1S/C8H14ClF/c1-5-3-4-6(2)8(10)7(5)9/h5-8H,3-4H2,1-2H3. The molecule has 0 spiro atoms. The van der Waals surface area contributed by atoms with Crippen molar-refractivity contribution in [1.82, 2.24) is 0 Å². The van der Waals surface area contributed by atoms with E-state index < -0.39 is 6.17 Å². The first kappa shape index (κ1) is 8.32. The van der Waals surface area contributed by atoms with Gasteiger partial charge in [-0.15, -0.1) is 11.6 Å². The van der Waals surface area contributed by atoms with Crippen LogP contribution in [0.3, 0.4) is 0 Å². The van der Waals surface area contributed by atoms with Crippen LogP contribution in [0.15, 0.2) is 0 Å². The highest BCUT2D eigenvalue weighted by Gasteiger charge is 2.33. The van der Waals surface area contributed by atoms with Gasteiger partial charge in [-0.1, -0.05) is 13.8 Å². The molecule has 0 aromatic rings. The second-order valence-corrected chi connectivity index (χ2v) is 3.92. The quantitative estimate of drug-likeness (QED) is 0.483. The molecule has 60 valence electrons. The van der Waals surface area contributed by atoms with Crippen LogP contribution in [0.1, 0.15) is 26.7 Å². The lowest BCUT2D eigenvalue weighted by molar-refractivity contribution is 0.150. The average Bonchev–Trinajstić information content (AvgIpc) is 1.93. The summed E-state index contributed by atoms with van der Waals surface area (Å²) in [5.41, 5.74) is 0. The van der Waals surface area contributed by atoms with Gasteiger partial charge in [-0.2, -0.15) is 0 Å². The van der Waals surface area contributed by atoms with Crippen molar-refractivity contribution in [3.8, 4) is 0 Å². The summed E-state index contributed by atoms with van der Waals surface area (Å²) >= 11 is 5.84. The molecule has 1 aliphatic carbocycles. The van der Waals surface area contributed by atoms with E-state index in [1.54, 1.807) is 0 Å². The van der Waals surface area contributed by atoms with Crippen LogP contribution in [0.25, 0.3) is 0 Å². The van der Waals surface area contributed by atoms with Crippen molar-refractivity contribution < 1.29 is 4.39 Å². The molecule has 1 aliphatic rings. The molecule has 1 saturated carbocycles. The first-order valence-corrected chi connectivity index (χ1v) is 4.34. The lowest BCUT2D eigenvalue weighted by atomic mass is 9.82. The minimum atomic E-state index is -0.787. The Morgan fingerprint density at radius 2 is 1.70 bits per heavy atom. The Labute approximate surface area is 66.8 Å². The van der Waals surface area contributed by atoms with Crippen molar-refractivity contribution in [3.05, 3.63) is 0 Å². The number of hydrogen-bond donors (Lipinski definition) is 0. The normalized spacial score (nSPS) is 49.2. The SMILES string of the molecule is CC1CCC(C)C(Cl)C1F. The predicted octanol–water partition coefficient (Wildman–Crippen LogP) is 3.00. The summed E-state index contributed by atoms with van der Waals surface area (Å²) in [5.74, 6) is 0.520. The van der Waals surface area contributed by atoms with E-state index >= 15 is 0 Å². The van der Waals surface area contributed by atoms with Gasteiger partial charge in [-0.3, -0.25) is 0 Å². The fraction of sp³-hybridized carbons (Fsp3) is 1.00. The number of alkyl halides is 2. The average molecular weight is 165 g/mol. The Bertz CT molecular complexity index is 102. The van der Waals surface area contributed by atoms with Crippen LogP contribution in [0.4, 0.5) is 4.39 Å². The molecule has 0 aliphatic heterocycles. The number of hydrogen-bond acceptors (Lipinski definition) is 0. The van der Waals surface area contributed by atoms with Gasteiger partial charge in [0.15, 0.2) is 0 Å². The number of halogens is 2. The van der Waals surface area contributed by atoms with Gasteiger partial charge in [-0.05, 0) is 24.7 Å². The molecule has 0 aromatic heterocycles. The van der Waals surface area contributed by atoms with Gasteiger partial charge in [0, 0.05) is 0 Å². The van der Waals surface area contributed by atoms with Gasteiger partial charge in [0.05, 0.1) is 5.38 Å². The third-order valence-electron chi connectivity index (χ3n) is 2.47. The molecule has 2 heteroatoms. The lowest BCUT2D eigenvalue weighted by Gasteiger charge is -2.31. The van der Waals surface area contributed by atoms with Crippen LogP contribution in [-0.2, 0) is 0 Å². The van der Waals surface area contributed by atoms with E-state index in [0.717, 1.165) is 12.8 Å². The van der Waals surface area contributed by atoms with Crippen molar-refractivity contribution in [2.24, 2.45) is 11.8 Å². The van der Waals surface area contributed by atoms with E-state index in [4.69, 9.17) is 11.6 Å². The minimum absolute atomic E-state index is 0.165. The monoisotopic (exact) mass is 164 g/mol. The molecule has 0 bridgehead atoms. The molecule has 0 radical (unpaired) electrons. The summed E-state index contributed by atoms with van der Waals surface area (Å²) in [6, 6.07) is 0. The fourth-order valence-electron chi connectivity index (χ4n) is 1.47. The molecular formula is C8H14ClF. The highest BCUT2D eigenvalue weighted by atomic mass is 35.5. The first-order chi connectivity index (χ1) is 4.63. The Morgan fingerprint density at radius 3 is 2.20 bits per heavy atom. The molecular weight excluding hydrogens is 151 g/mol. The number of rotatable bonds is 0. The zero-order valence-electron chi connectivity index (χ0n) is 6.48. The first-order valence-electron chi connectivity index (χ1n) is 3.91. The summed E-state index contributed by atoms with van der Waals surface area (Å²) in [6.07, 6.45) is 1.28. The maximum atomic E-state index is 13.1. The molecule has 1 rings (SSSR count). The highest BCUT2D eigenvalue weighted by molar-refractivity contribution is 6.21. The second-order valence-electron chi connectivity index (χ2n) is 3.42. The lowest BCUT2D eigenvalue weighted by Crippen LogP contribution is -2.34. The third kappa shape index (κ3) is 1.45. The van der Waals surface area contributed by atoms with Crippen LogP contribution >= 0.6 is 11.6 Å². The Balaban J connectivity index is 2.52. The second kappa shape index (κ2) is 3.08.